The molecule has 20 heavy (non-hydrogen) atoms. The largest absolute Gasteiger partial charge is 0.384 e. The Morgan fingerprint density at radius 1 is 0.950 bits per heavy atom. The molecule has 4 heteroatoms. The molecule has 0 aliphatic carbocycles. The van der Waals surface area contributed by atoms with Gasteiger partial charge in [0.1, 0.15) is 17.7 Å². The zero-order valence-corrected chi connectivity index (χ0v) is 10.4. The van der Waals surface area contributed by atoms with Gasteiger partial charge in [0, 0.05) is 23.2 Å². The maximum Gasteiger partial charge on any atom is 0.126 e. The second-order valence-corrected chi connectivity index (χ2v) is 4.53. The number of aliphatic hydroxyl groups excluding tert-OH is 1. The van der Waals surface area contributed by atoms with Crippen LogP contribution >= 0.6 is 0 Å². The Labute approximate surface area is 114 Å². The van der Waals surface area contributed by atoms with Crippen molar-refractivity contribution in [2.24, 2.45) is 0 Å². The van der Waals surface area contributed by atoms with E-state index in [0.29, 0.717) is 11.1 Å². The fraction of sp³-hybridized carbons (Fsp3) is 0.0625. The van der Waals surface area contributed by atoms with E-state index in [1.807, 2.05) is 12.1 Å². The van der Waals surface area contributed by atoms with Crippen LogP contribution in [0.15, 0.2) is 54.7 Å². The van der Waals surface area contributed by atoms with Crippen LogP contribution in [-0.2, 0) is 0 Å². The number of hydrogen-bond acceptors (Lipinski definition) is 2. The second kappa shape index (κ2) is 4.98. The van der Waals surface area contributed by atoms with E-state index in [-0.39, 0.29) is 5.56 Å². The molecule has 0 amide bonds. The SMILES string of the molecule is OC(c1cc(F)cc(F)c1)c1cccc2cccnc12. The van der Waals surface area contributed by atoms with E-state index in [1.54, 1.807) is 24.4 Å². The van der Waals surface area contributed by atoms with Crippen molar-refractivity contribution in [1.29, 1.82) is 0 Å². The van der Waals surface area contributed by atoms with Crippen molar-refractivity contribution in [1.82, 2.24) is 4.98 Å². The number of hydrogen-bond donors (Lipinski definition) is 1. The van der Waals surface area contributed by atoms with Crippen LogP contribution in [0.4, 0.5) is 8.78 Å². The minimum Gasteiger partial charge on any atom is -0.384 e. The van der Waals surface area contributed by atoms with Crippen molar-refractivity contribution in [3.8, 4) is 0 Å². The van der Waals surface area contributed by atoms with E-state index >= 15 is 0 Å². The van der Waals surface area contributed by atoms with E-state index in [1.165, 1.54) is 0 Å². The van der Waals surface area contributed by atoms with Gasteiger partial charge in [0.2, 0.25) is 0 Å². The maximum absolute atomic E-state index is 13.3. The van der Waals surface area contributed by atoms with Gasteiger partial charge < -0.3 is 5.11 Å². The Hall–Kier alpha value is -2.33. The molecule has 1 N–H and O–H groups in total. The molecule has 0 bridgehead atoms. The number of fused-ring (bicyclic) bond motifs is 1. The quantitative estimate of drug-likeness (QED) is 0.772. The van der Waals surface area contributed by atoms with Gasteiger partial charge in [-0.05, 0) is 23.8 Å². The van der Waals surface area contributed by atoms with E-state index < -0.39 is 17.7 Å². The van der Waals surface area contributed by atoms with Gasteiger partial charge in [-0.2, -0.15) is 0 Å². The number of aromatic nitrogens is 1. The molecule has 1 heterocycles. The van der Waals surface area contributed by atoms with Gasteiger partial charge in [-0.3, -0.25) is 4.98 Å². The topological polar surface area (TPSA) is 33.1 Å². The highest BCUT2D eigenvalue weighted by Gasteiger charge is 2.16. The molecule has 0 fully saturated rings. The summed E-state index contributed by atoms with van der Waals surface area (Å²) in [5.74, 6) is -1.43. The Kier molecular flexibility index (Phi) is 3.16. The van der Waals surface area contributed by atoms with Crippen LogP contribution in [0, 0.1) is 11.6 Å². The van der Waals surface area contributed by atoms with Gasteiger partial charge >= 0.3 is 0 Å². The number of aliphatic hydroxyl groups is 1. The number of halogens is 2. The van der Waals surface area contributed by atoms with Crippen molar-refractivity contribution in [3.05, 3.63) is 77.5 Å². The maximum atomic E-state index is 13.3. The highest BCUT2D eigenvalue weighted by atomic mass is 19.1. The molecular formula is C16H11F2NO. The van der Waals surface area contributed by atoms with Gasteiger partial charge in [0.15, 0.2) is 0 Å². The van der Waals surface area contributed by atoms with Crippen LogP contribution in [0.3, 0.4) is 0 Å². The summed E-state index contributed by atoms with van der Waals surface area (Å²) < 4.78 is 26.5. The molecule has 1 atom stereocenters. The number of nitrogens with zero attached hydrogens (tertiary/aromatic N) is 1. The van der Waals surface area contributed by atoms with Gasteiger partial charge in [-0.15, -0.1) is 0 Å². The smallest absolute Gasteiger partial charge is 0.126 e. The fourth-order valence-corrected chi connectivity index (χ4v) is 2.26. The zero-order chi connectivity index (χ0) is 14.1. The zero-order valence-electron chi connectivity index (χ0n) is 10.4. The summed E-state index contributed by atoms with van der Waals surface area (Å²) >= 11 is 0. The van der Waals surface area contributed by atoms with Crippen LogP contribution in [0.2, 0.25) is 0 Å². The molecule has 0 spiro atoms. The monoisotopic (exact) mass is 271 g/mol. The third-order valence-electron chi connectivity index (χ3n) is 3.16. The van der Waals surface area contributed by atoms with Crippen LogP contribution in [0.5, 0.6) is 0 Å². The summed E-state index contributed by atoms with van der Waals surface area (Å²) in [6, 6.07) is 12.0. The molecule has 0 aliphatic heterocycles. The van der Waals surface area contributed by atoms with E-state index in [0.717, 1.165) is 23.6 Å². The summed E-state index contributed by atoms with van der Waals surface area (Å²) in [4.78, 5) is 4.23. The van der Waals surface area contributed by atoms with E-state index in [4.69, 9.17) is 0 Å². The summed E-state index contributed by atoms with van der Waals surface area (Å²) in [6.45, 7) is 0. The summed E-state index contributed by atoms with van der Waals surface area (Å²) in [5.41, 5.74) is 1.31. The molecule has 1 unspecified atom stereocenters. The molecule has 0 saturated carbocycles. The van der Waals surface area contributed by atoms with Crippen molar-refractivity contribution in [2.75, 3.05) is 0 Å². The number of benzene rings is 2. The lowest BCUT2D eigenvalue weighted by Crippen LogP contribution is -2.02. The van der Waals surface area contributed by atoms with Crippen LogP contribution < -0.4 is 0 Å². The second-order valence-electron chi connectivity index (χ2n) is 4.53. The molecule has 0 aliphatic rings. The van der Waals surface area contributed by atoms with Crippen LogP contribution in [0.1, 0.15) is 17.2 Å². The van der Waals surface area contributed by atoms with Crippen molar-refractivity contribution in [2.45, 2.75) is 6.10 Å². The van der Waals surface area contributed by atoms with E-state index in [2.05, 4.69) is 4.98 Å². The standard InChI is InChI=1S/C16H11F2NO/c17-12-7-11(8-13(18)9-12)16(20)14-5-1-3-10-4-2-6-19-15(10)14/h1-9,16,20H. The Morgan fingerprint density at radius 2 is 1.65 bits per heavy atom. The number of para-hydroxylation sites is 1. The summed E-state index contributed by atoms with van der Waals surface area (Å²) in [6.07, 6.45) is 0.490. The first kappa shape index (κ1) is 12.7. The molecule has 3 aromatic rings. The third-order valence-corrected chi connectivity index (χ3v) is 3.16. The number of rotatable bonds is 2. The average molecular weight is 271 g/mol. The predicted molar refractivity (Wildman–Crippen MR) is 72.2 cm³/mol. The minimum atomic E-state index is -1.13. The molecule has 3 rings (SSSR count). The lowest BCUT2D eigenvalue weighted by Gasteiger charge is -2.13. The predicted octanol–water partition coefficient (Wildman–Crippen LogP) is 3.59. The summed E-state index contributed by atoms with van der Waals surface area (Å²) in [7, 11) is 0. The van der Waals surface area contributed by atoms with Gasteiger partial charge in [-0.25, -0.2) is 8.78 Å². The Morgan fingerprint density at radius 3 is 2.40 bits per heavy atom. The van der Waals surface area contributed by atoms with Crippen molar-refractivity contribution in [3.63, 3.8) is 0 Å². The average Bonchev–Trinajstić information content (AvgIpc) is 2.45. The van der Waals surface area contributed by atoms with E-state index in [9.17, 15) is 13.9 Å². The van der Waals surface area contributed by atoms with Crippen molar-refractivity contribution < 1.29 is 13.9 Å². The Balaban J connectivity index is 2.15. The normalized spacial score (nSPS) is 12.6. The number of pyridine rings is 1. The van der Waals surface area contributed by atoms with Crippen LogP contribution in [0.25, 0.3) is 10.9 Å². The Bertz CT molecular complexity index is 748. The van der Waals surface area contributed by atoms with Crippen LogP contribution in [-0.4, -0.2) is 10.1 Å². The molecule has 0 radical (unpaired) electrons. The first-order chi connectivity index (χ1) is 9.65. The van der Waals surface area contributed by atoms with Gasteiger partial charge in [-0.1, -0.05) is 24.3 Å². The van der Waals surface area contributed by atoms with Gasteiger partial charge in [0.25, 0.3) is 0 Å². The molecule has 0 saturated heterocycles. The first-order valence-corrected chi connectivity index (χ1v) is 6.13. The lowest BCUT2D eigenvalue weighted by atomic mass is 9.98. The molecule has 2 aromatic carbocycles. The molecule has 1 aromatic heterocycles. The lowest BCUT2D eigenvalue weighted by molar-refractivity contribution is 0.220. The molecule has 100 valence electrons. The third kappa shape index (κ3) is 2.26. The first-order valence-electron chi connectivity index (χ1n) is 6.13. The fourth-order valence-electron chi connectivity index (χ4n) is 2.26. The summed E-state index contributed by atoms with van der Waals surface area (Å²) in [5, 5.41) is 11.2. The van der Waals surface area contributed by atoms with Crippen molar-refractivity contribution >= 4 is 10.9 Å². The highest BCUT2D eigenvalue weighted by molar-refractivity contribution is 5.82. The molecule has 2 nitrogen and oxygen atoms in total. The molecular weight excluding hydrogens is 260 g/mol. The van der Waals surface area contributed by atoms with Gasteiger partial charge in [0.05, 0.1) is 5.52 Å². The minimum absolute atomic E-state index is 0.167. The highest BCUT2D eigenvalue weighted by Crippen LogP contribution is 2.28.